The van der Waals surface area contributed by atoms with E-state index in [1.54, 1.807) is 18.2 Å². The van der Waals surface area contributed by atoms with E-state index in [1.807, 2.05) is 19.0 Å². The molecule has 0 spiro atoms. The molecule has 0 unspecified atom stereocenters. The van der Waals surface area contributed by atoms with Crippen molar-refractivity contribution in [1.82, 2.24) is 4.72 Å². The maximum absolute atomic E-state index is 12.4. The van der Waals surface area contributed by atoms with Gasteiger partial charge in [-0.05, 0) is 36.4 Å². The molecular weight excluding hydrogens is 374 g/mol. The Morgan fingerprint density at radius 1 is 1.23 bits per heavy atom. The van der Waals surface area contributed by atoms with Crippen molar-refractivity contribution in [3.8, 4) is 0 Å². The zero-order valence-electron chi connectivity index (χ0n) is 14.5. The monoisotopic (exact) mass is 393 g/mol. The van der Waals surface area contributed by atoms with E-state index in [0.717, 1.165) is 5.69 Å². The number of benzene rings is 2. The molecule has 2 aromatic carbocycles. The normalized spacial score (nSPS) is 11.0. The Morgan fingerprint density at radius 3 is 2.58 bits per heavy atom. The van der Waals surface area contributed by atoms with Gasteiger partial charge in [-0.1, -0.05) is 23.7 Å². The van der Waals surface area contributed by atoms with Gasteiger partial charge in [-0.15, -0.1) is 6.58 Å². The third kappa shape index (κ3) is 4.85. The molecule has 0 aliphatic rings. The summed E-state index contributed by atoms with van der Waals surface area (Å²) in [6.45, 7) is 3.58. The SMILES string of the molecule is C=CCNS(=O)(=O)c1cccc(C(=O)Nc2ccc(N(C)C)c(Cl)c2)c1. The van der Waals surface area contributed by atoms with Crippen molar-refractivity contribution in [3.63, 3.8) is 0 Å². The fourth-order valence-corrected chi connectivity index (χ4v) is 3.60. The van der Waals surface area contributed by atoms with Gasteiger partial charge in [-0.25, -0.2) is 13.1 Å². The predicted octanol–water partition coefficient (Wildman–Crippen LogP) is 3.12. The summed E-state index contributed by atoms with van der Waals surface area (Å²) in [4.78, 5) is 14.3. The van der Waals surface area contributed by atoms with Crippen LogP contribution in [-0.2, 0) is 10.0 Å². The van der Waals surface area contributed by atoms with Gasteiger partial charge < -0.3 is 10.2 Å². The van der Waals surface area contributed by atoms with Gasteiger partial charge in [0.15, 0.2) is 0 Å². The summed E-state index contributed by atoms with van der Waals surface area (Å²) in [6.07, 6.45) is 1.44. The largest absolute Gasteiger partial charge is 0.376 e. The Kier molecular flexibility index (Phi) is 6.42. The summed E-state index contributed by atoms with van der Waals surface area (Å²) in [5, 5.41) is 3.21. The summed E-state index contributed by atoms with van der Waals surface area (Å²) in [6, 6.07) is 10.9. The molecule has 0 aliphatic heterocycles. The van der Waals surface area contributed by atoms with E-state index in [0.29, 0.717) is 10.7 Å². The van der Waals surface area contributed by atoms with Crippen molar-refractivity contribution in [1.29, 1.82) is 0 Å². The lowest BCUT2D eigenvalue weighted by Gasteiger charge is -2.15. The van der Waals surface area contributed by atoms with Gasteiger partial charge >= 0.3 is 0 Å². The fourth-order valence-electron chi connectivity index (χ4n) is 2.21. The van der Waals surface area contributed by atoms with Gasteiger partial charge in [0.05, 0.1) is 15.6 Å². The van der Waals surface area contributed by atoms with E-state index in [1.165, 1.54) is 30.3 Å². The minimum Gasteiger partial charge on any atom is -0.376 e. The van der Waals surface area contributed by atoms with Crippen LogP contribution in [0.2, 0.25) is 5.02 Å². The molecule has 0 atom stereocenters. The molecule has 0 bridgehead atoms. The number of halogens is 1. The lowest BCUT2D eigenvalue weighted by Crippen LogP contribution is -2.24. The molecule has 2 aromatic rings. The van der Waals surface area contributed by atoms with Crippen LogP contribution in [0.15, 0.2) is 60.0 Å². The highest BCUT2D eigenvalue weighted by Gasteiger charge is 2.16. The molecule has 6 nitrogen and oxygen atoms in total. The van der Waals surface area contributed by atoms with Gasteiger partial charge in [0.25, 0.3) is 5.91 Å². The van der Waals surface area contributed by atoms with Crippen LogP contribution in [0, 0.1) is 0 Å². The smallest absolute Gasteiger partial charge is 0.255 e. The molecule has 2 N–H and O–H groups in total. The zero-order chi connectivity index (χ0) is 19.3. The van der Waals surface area contributed by atoms with Crippen LogP contribution in [0.5, 0.6) is 0 Å². The number of sulfonamides is 1. The van der Waals surface area contributed by atoms with Crippen LogP contribution >= 0.6 is 11.6 Å². The van der Waals surface area contributed by atoms with Crippen LogP contribution in [0.4, 0.5) is 11.4 Å². The molecule has 0 aliphatic carbocycles. The van der Waals surface area contributed by atoms with Gasteiger partial charge in [0.1, 0.15) is 0 Å². The summed E-state index contributed by atoms with van der Waals surface area (Å²) < 4.78 is 26.7. The number of rotatable bonds is 7. The van der Waals surface area contributed by atoms with Crippen LogP contribution in [0.25, 0.3) is 0 Å². The van der Waals surface area contributed by atoms with Crippen LogP contribution in [0.1, 0.15) is 10.4 Å². The fraction of sp³-hybridized carbons (Fsp3) is 0.167. The van der Waals surface area contributed by atoms with E-state index in [-0.39, 0.29) is 17.0 Å². The zero-order valence-corrected chi connectivity index (χ0v) is 16.1. The topological polar surface area (TPSA) is 78.5 Å². The third-order valence-electron chi connectivity index (χ3n) is 3.51. The van der Waals surface area contributed by atoms with Crippen LogP contribution < -0.4 is 14.9 Å². The van der Waals surface area contributed by atoms with E-state index in [2.05, 4.69) is 16.6 Å². The molecule has 0 heterocycles. The van der Waals surface area contributed by atoms with Gasteiger partial charge in [0.2, 0.25) is 10.0 Å². The molecule has 0 fully saturated rings. The highest BCUT2D eigenvalue weighted by Crippen LogP contribution is 2.27. The molecule has 0 aromatic heterocycles. The second kappa shape index (κ2) is 8.35. The Labute approximate surface area is 158 Å². The molecule has 8 heteroatoms. The van der Waals surface area contributed by atoms with E-state index in [4.69, 9.17) is 11.6 Å². The second-order valence-electron chi connectivity index (χ2n) is 5.68. The number of carbonyl (C=O) groups excluding carboxylic acids is 1. The first kappa shape index (κ1) is 20.0. The summed E-state index contributed by atoms with van der Waals surface area (Å²) >= 11 is 6.20. The lowest BCUT2D eigenvalue weighted by molar-refractivity contribution is 0.102. The van der Waals surface area contributed by atoms with Gasteiger partial charge in [0, 0.05) is 31.9 Å². The molecule has 2 rings (SSSR count). The van der Waals surface area contributed by atoms with Gasteiger partial charge in [-0.3, -0.25) is 4.79 Å². The summed E-state index contributed by atoms with van der Waals surface area (Å²) in [7, 11) is 0.0327. The van der Waals surface area contributed by atoms with Crippen LogP contribution in [0.3, 0.4) is 0 Å². The third-order valence-corrected chi connectivity index (χ3v) is 5.24. The quantitative estimate of drug-likeness (QED) is 0.708. The van der Waals surface area contributed by atoms with Crippen LogP contribution in [-0.4, -0.2) is 35.0 Å². The van der Waals surface area contributed by atoms with Gasteiger partial charge in [-0.2, -0.15) is 0 Å². The molecule has 138 valence electrons. The molecule has 0 saturated carbocycles. The van der Waals surface area contributed by atoms with E-state index >= 15 is 0 Å². The first-order valence-corrected chi connectivity index (χ1v) is 9.59. The Morgan fingerprint density at radius 2 is 1.96 bits per heavy atom. The van der Waals surface area contributed by atoms with Crippen molar-refractivity contribution < 1.29 is 13.2 Å². The summed E-state index contributed by atoms with van der Waals surface area (Å²) in [5.74, 6) is -0.431. The molecule has 0 radical (unpaired) electrons. The van der Waals surface area contributed by atoms with E-state index < -0.39 is 15.9 Å². The number of hydrogen-bond acceptors (Lipinski definition) is 4. The Balaban J connectivity index is 2.22. The standard InChI is InChI=1S/C18H20ClN3O3S/c1-4-10-20-26(24,25)15-7-5-6-13(11-15)18(23)21-14-8-9-17(22(2)3)16(19)12-14/h4-9,11-12,20H,1,10H2,2-3H3,(H,21,23). The number of nitrogens with zero attached hydrogens (tertiary/aromatic N) is 1. The highest BCUT2D eigenvalue weighted by molar-refractivity contribution is 7.89. The Bertz CT molecular complexity index is 927. The van der Waals surface area contributed by atoms with Crippen molar-refractivity contribution in [2.75, 3.05) is 30.9 Å². The number of nitrogens with one attached hydrogen (secondary N) is 2. The minimum atomic E-state index is -3.70. The average Bonchev–Trinajstić information content (AvgIpc) is 2.60. The number of anilines is 2. The minimum absolute atomic E-state index is 0.00740. The second-order valence-corrected chi connectivity index (χ2v) is 7.86. The van der Waals surface area contributed by atoms with Crippen molar-refractivity contribution >= 4 is 38.9 Å². The molecule has 0 saturated heterocycles. The molecular formula is C18H20ClN3O3S. The Hall–Kier alpha value is -2.35. The summed E-state index contributed by atoms with van der Waals surface area (Å²) in [5.41, 5.74) is 1.56. The first-order valence-electron chi connectivity index (χ1n) is 7.73. The van der Waals surface area contributed by atoms with Crippen molar-refractivity contribution in [2.45, 2.75) is 4.90 Å². The number of carbonyl (C=O) groups is 1. The highest BCUT2D eigenvalue weighted by atomic mass is 35.5. The maximum Gasteiger partial charge on any atom is 0.255 e. The number of amides is 1. The molecule has 26 heavy (non-hydrogen) atoms. The lowest BCUT2D eigenvalue weighted by atomic mass is 10.2. The van der Waals surface area contributed by atoms with Crippen molar-refractivity contribution in [2.24, 2.45) is 0 Å². The average molecular weight is 394 g/mol. The maximum atomic E-state index is 12.4. The number of hydrogen-bond donors (Lipinski definition) is 2. The van der Waals surface area contributed by atoms with E-state index in [9.17, 15) is 13.2 Å². The predicted molar refractivity (Wildman–Crippen MR) is 106 cm³/mol. The van der Waals surface area contributed by atoms with Crippen molar-refractivity contribution in [3.05, 3.63) is 65.7 Å². The molecule has 1 amide bonds. The first-order chi connectivity index (χ1) is 12.2.